The first-order valence-electron chi connectivity index (χ1n) is 9.32. The van der Waals surface area contributed by atoms with E-state index in [9.17, 15) is 17.6 Å². The number of halogens is 2. The van der Waals surface area contributed by atoms with Gasteiger partial charge < -0.3 is 4.42 Å². The van der Waals surface area contributed by atoms with Gasteiger partial charge in [0, 0.05) is 23.8 Å². The van der Waals surface area contributed by atoms with Crippen LogP contribution in [0.15, 0.2) is 21.3 Å². The highest BCUT2D eigenvalue weighted by molar-refractivity contribution is 9.09. The summed E-state index contributed by atoms with van der Waals surface area (Å²) in [6, 6.07) is 1.95. The standard InChI is InChI=1S/C18H24BrFN4O4S/c1-10-4-5-14(20)15(11(10)2)12(3)16(17-21-22-18(25)28-17)23-29(26,27)24-8-6-13(19)7-9-24/h4-5,12-13,16,23H,6-9H2,1-3H3,(H,22,25)/t12-,16+/m1/s1. The molecule has 29 heavy (non-hydrogen) atoms. The van der Waals surface area contributed by atoms with Crippen LogP contribution in [0.5, 0.6) is 0 Å². The van der Waals surface area contributed by atoms with Gasteiger partial charge in [-0.2, -0.15) is 17.4 Å². The molecule has 8 nitrogen and oxygen atoms in total. The molecule has 0 amide bonds. The quantitative estimate of drug-likeness (QED) is 0.605. The van der Waals surface area contributed by atoms with E-state index >= 15 is 0 Å². The fourth-order valence-corrected chi connectivity index (χ4v) is 5.45. The van der Waals surface area contributed by atoms with Crippen LogP contribution in [0.25, 0.3) is 0 Å². The average molecular weight is 491 g/mol. The summed E-state index contributed by atoms with van der Waals surface area (Å²) >= 11 is 3.50. The Bertz CT molecular complexity index is 1030. The van der Waals surface area contributed by atoms with E-state index < -0.39 is 33.7 Å². The molecule has 0 saturated carbocycles. The Morgan fingerprint density at radius 1 is 1.34 bits per heavy atom. The maximum Gasteiger partial charge on any atom is 0.434 e. The number of piperidine rings is 1. The number of H-pyrrole nitrogens is 1. The molecule has 160 valence electrons. The van der Waals surface area contributed by atoms with Gasteiger partial charge in [0.05, 0.1) is 0 Å². The van der Waals surface area contributed by atoms with Crippen molar-refractivity contribution < 1.29 is 17.2 Å². The molecular weight excluding hydrogens is 467 g/mol. The van der Waals surface area contributed by atoms with Crippen LogP contribution in [-0.4, -0.2) is 40.8 Å². The number of nitrogens with zero attached hydrogens (tertiary/aromatic N) is 2. The lowest BCUT2D eigenvalue weighted by Crippen LogP contribution is -2.47. The normalized spacial score (nSPS) is 18.7. The van der Waals surface area contributed by atoms with Gasteiger partial charge in [-0.05, 0) is 49.4 Å². The smallest absolute Gasteiger partial charge is 0.391 e. The lowest BCUT2D eigenvalue weighted by Gasteiger charge is -2.31. The van der Waals surface area contributed by atoms with E-state index in [1.54, 1.807) is 19.9 Å². The minimum absolute atomic E-state index is 0.137. The van der Waals surface area contributed by atoms with Gasteiger partial charge in [-0.1, -0.05) is 28.9 Å². The van der Waals surface area contributed by atoms with Crippen molar-refractivity contribution in [3.63, 3.8) is 0 Å². The number of hydrogen-bond acceptors (Lipinski definition) is 5. The molecule has 3 rings (SSSR count). The molecule has 0 bridgehead atoms. The first-order chi connectivity index (χ1) is 13.6. The third-order valence-electron chi connectivity index (χ3n) is 5.41. The lowest BCUT2D eigenvalue weighted by molar-refractivity contribution is 0.330. The van der Waals surface area contributed by atoms with E-state index in [-0.39, 0.29) is 10.7 Å². The monoisotopic (exact) mass is 490 g/mol. The van der Waals surface area contributed by atoms with Crippen molar-refractivity contribution in [3.8, 4) is 0 Å². The fraction of sp³-hybridized carbons (Fsp3) is 0.556. The number of rotatable bonds is 6. The SMILES string of the molecule is Cc1ccc(F)c([C@@H](C)[C@H](NS(=O)(=O)N2CCC(Br)CC2)c2n[nH]c(=O)o2)c1C. The van der Waals surface area contributed by atoms with Gasteiger partial charge in [0.1, 0.15) is 11.9 Å². The van der Waals surface area contributed by atoms with Crippen LogP contribution in [0.1, 0.15) is 54.3 Å². The second-order valence-corrected chi connectivity index (χ2v) is 10.3. The Hall–Kier alpha value is -1.56. The molecule has 1 aromatic heterocycles. The Morgan fingerprint density at radius 2 is 2.00 bits per heavy atom. The zero-order valence-electron chi connectivity index (χ0n) is 16.4. The summed E-state index contributed by atoms with van der Waals surface area (Å²) < 4.78 is 49.7. The maximum atomic E-state index is 14.7. The van der Waals surface area contributed by atoms with E-state index in [1.165, 1.54) is 10.4 Å². The summed E-state index contributed by atoms with van der Waals surface area (Å²) in [5.74, 6) is -2.08. The first kappa shape index (κ1) is 22.1. The molecule has 0 aliphatic carbocycles. The van der Waals surface area contributed by atoms with Crippen LogP contribution >= 0.6 is 15.9 Å². The largest absolute Gasteiger partial charge is 0.434 e. The first-order valence-corrected chi connectivity index (χ1v) is 11.7. The number of nitrogens with one attached hydrogen (secondary N) is 2. The molecule has 1 saturated heterocycles. The Balaban J connectivity index is 1.98. The Kier molecular flexibility index (Phi) is 6.61. The van der Waals surface area contributed by atoms with Crippen molar-refractivity contribution in [2.75, 3.05) is 13.1 Å². The van der Waals surface area contributed by atoms with Crippen molar-refractivity contribution in [2.45, 2.75) is 50.4 Å². The number of benzene rings is 1. The van der Waals surface area contributed by atoms with E-state index in [4.69, 9.17) is 4.42 Å². The molecular formula is C18H24BrFN4O4S. The van der Waals surface area contributed by atoms with E-state index in [1.807, 2.05) is 6.92 Å². The van der Waals surface area contributed by atoms with Crippen molar-refractivity contribution in [1.29, 1.82) is 0 Å². The predicted molar refractivity (Wildman–Crippen MR) is 110 cm³/mol. The van der Waals surface area contributed by atoms with Crippen molar-refractivity contribution in [3.05, 3.63) is 51.1 Å². The highest BCUT2D eigenvalue weighted by Crippen LogP contribution is 2.35. The molecule has 1 aliphatic rings. The molecule has 2 atom stereocenters. The second-order valence-electron chi connectivity index (χ2n) is 7.32. The van der Waals surface area contributed by atoms with Gasteiger partial charge in [0.15, 0.2) is 0 Å². The molecule has 0 radical (unpaired) electrons. The summed E-state index contributed by atoms with van der Waals surface area (Å²) in [6.07, 6.45) is 1.37. The summed E-state index contributed by atoms with van der Waals surface area (Å²) in [4.78, 5) is 11.8. The summed E-state index contributed by atoms with van der Waals surface area (Å²) in [7, 11) is -3.91. The molecule has 2 heterocycles. The molecule has 1 aliphatic heterocycles. The van der Waals surface area contributed by atoms with E-state index in [0.717, 1.165) is 5.56 Å². The van der Waals surface area contributed by atoms with Gasteiger partial charge in [0.2, 0.25) is 5.89 Å². The number of hydrogen-bond donors (Lipinski definition) is 2. The molecule has 2 N–H and O–H groups in total. The zero-order valence-corrected chi connectivity index (χ0v) is 18.8. The highest BCUT2D eigenvalue weighted by atomic mass is 79.9. The minimum atomic E-state index is -3.91. The Morgan fingerprint density at radius 3 is 2.59 bits per heavy atom. The van der Waals surface area contributed by atoms with Crippen LogP contribution in [0.4, 0.5) is 4.39 Å². The van der Waals surface area contributed by atoms with Gasteiger partial charge in [-0.25, -0.2) is 14.3 Å². The summed E-state index contributed by atoms with van der Waals surface area (Å²) in [6.45, 7) is 6.02. The second kappa shape index (κ2) is 8.66. The van der Waals surface area contributed by atoms with E-state index in [0.29, 0.717) is 37.1 Å². The molecule has 0 spiro atoms. The molecule has 11 heteroatoms. The van der Waals surface area contributed by atoms with Crippen LogP contribution in [0, 0.1) is 19.7 Å². The fourth-order valence-electron chi connectivity index (χ4n) is 3.57. The zero-order chi connectivity index (χ0) is 21.3. The molecule has 2 aromatic rings. The summed E-state index contributed by atoms with van der Waals surface area (Å²) in [5, 5.41) is 5.95. The van der Waals surface area contributed by atoms with Crippen LogP contribution in [-0.2, 0) is 10.2 Å². The van der Waals surface area contributed by atoms with Gasteiger partial charge in [-0.3, -0.25) is 0 Å². The molecule has 1 aromatic carbocycles. The van der Waals surface area contributed by atoms with Crippen LogP contribution < -0.4 is 10.5 Å². The number of aromatic nitrogens is 2. The van der Waals surface area contributed by atoms with Crippen molar-refractivity contribution in [1.82, 2.24) is 19.2 Å². The Labute approximate surface area is 177 Å². The van der Waals surface area contributed by atoms with Crippen LogP contribution in [0.2, 0.25) is 0 Å². The topological polar surface area (TPSA) is 108 Å². The van der Waals surface area contributed by atoms with E-state index in [2.05, 4.69) is 30.8 Å². The maximum absolute atomic E-state index is 14.7. The van der Waals surface area contributed by atoms with Gasteiger partial charge in [-0.15, -0.1) is 5.10 Å². The third kappa shape index (κ3) is 4.79. The third-order valence-corrected chi connectivity index (χ3v) is 7.92. The summed E-state index contributed by atoms with van der Waals surface area (Å²) in [5.41, 5.74) is 1.93. The predicted octanol–water partition coefficient (Wildman–Crippen LogP) is 2.66. The molecule has 0 unspecified atom stereocenters. The van der Waals surface area contributed by atoms with Crippen molar-refractivity contribution >= 4 is 26.1 Å². The minimum Gasteiger partial charge on any atom is -0.391 e. The van der Waals surface area contributed by atoms with Gasteiger partial charge >= 0.3 is 5.76 Å². The highest BCUT2D eigenvalue weighted by Gasteiger charge is 2.36. The van der Waals surface area contributed by atoms with Crippen LogP contribution in [0.3, 0.4) is 0 Å². The lowest BCUT2D eigenvalue weighted by atomic mass is 9.88. The van der Waals surface area contributed by atoms with Gasteiger partial charge in [0.25, 0.3) is 10.2 Å². The average Bonchev–Trinajstić information content (AvgIpc) is 3.09. The number of aryl methyl sites for hydroxylation is 1. The van der Waals surface area contributed by atoms with Crippen molar-refractivity contribution in [2.24, 2.45) is 0 Å². The number of alkyl halides is 1. The molecule has 1 fully saturated rings. The number of aromatic amines is 1.